The number of ether oxygens (including phenoxy) is 1. The molecule has 0 bridgehead atoms. The number of pyridine rings is 1. The van der Waals surface area contributed by atoms with Gasteiger partial charge in [0.1, 0.15) is 5.75 Å². The fraction of sp³-hybridized carbons (Fsp3) is 0.429. The maximum Gasteiger partial charge on any atom is 0.511 e. The summed E-state index contributed by atoms with van der Waals surface area (Å²) in [7, 11) is 2.23. The quantitative estimate of drug-likeness (QED) is 0.656. The average molecular weight is 367 g/mol. The third-order valence-electron chi connectivity index (χ3n) is 5.93. The van der Waals surface area contributed by atoms with Crippen LogP contribution in [0.5, 0.6) is 5.75 Å². The summed E-state index contributed by atoms with van der Waals surface area (Å²) >= 11 is 0. The van der Waals surface area contributed by atoms with Gasteiger partial charge in [-0.1, -0.05) is 6.07 Å². The van der Waals surface area contributed by atoms with E-state index in [0.717, 1.165) is 38.8 Å². The van der Waals surface area contributed by atoms with Crippen LogP contribution in [-0.2, 0) is 6.42 Å². The summed E-state index contributed by atoms with van der Waals surface area (Å²) in [6, 6.07) is 10.8. The van der Waals surface area contributed by atoms with Crippen LogP contribution in [0, 0.1) is 0 Å². The number of benzene rings is 1. The van der Waals surface area contributed by atoms with Gasteiger partial charge in [0.05, 0.1) is 0 Å². The zero-order chi connectivity index (χ0) is 18.8. The van der Waals surface area contributed by atoms with Gasteiger partial charge in [-0.25, -0.2) is 4.79 Å². The van der Waals surface area contributed by atoms with Crippen molar-refractivity contribution in [3.8, 4) is 5.75 Å². The molecule has 1 N–H and O–H groups in total. The van der Waals surface area contributed by atoms with Crippen molar-refractivity contribution in [3.63, 3.8) is 0 Å². The Morgan fingerprint density at radius 2 is 1.93 bits per heavy atom. The Bertz CT molecular complexity index is 804. The van der Waals surface area contributed by atoms with Crippen LogP contribution in [0.1, 0.15) is 36.4 Å². The zero-order valence-electron chi connectivity index (χ0n) is 15.5. The molecule has 1 saturated heterocycles. The zero-order valence-corrected chi connectivity index (χ0v) is 15.5. The standard InChI is InChI=1S/C21H25N3O3/c1-23(16-8-12-24(13-9-16)17-6-10-22-11-7-17)20-5-2-15-14-18(27-21(25)26)3-4-19(15)20/h3-4,6-7,10-11,14,16,20H,2,5,8-9,12-13H2,1H3,(H,25,26). The van der Waals surface area contributed by atoms with Gasteiger partial charge < -0.3 is 14.7 Å². The van der Waals surface area contributed by atoms with Gasteiger partial charge in [0.15, 0.2) is 0 Å². The number of nitrogens with zero attached hydrogens (tertiary/aromatic N) is 3. The van der Waals surface area contributed by atoms with Gasteiger partial charge in [-0.15, -0.1) is 0 Å². The first-order valence-electron chi connectivity index (χ1n) is 9.52. The fourth-order valence-corrected chi connectivity index (χ4v) is 4.50. The van der Waals surface area contributed by atoms with E-state index in [-0.39, 0.29) is 0 Å². The van der Waals surface area contributed by atoms with Gasteiger partial charge in [-0.05, 0) is 68.1 Å². The minimum atomic E-state index is -1.26. The molecule has 1 fully saturated rings. The van der Waals surface area contributed by atoms with Crippen molar-refractivity contribution in [2.75, 3.05) is 25.0 Å². The summed E-state index contributed by atoms with van der Waals surface area (Å²) in [4.78, 5) is 19.8. The van der Waals surface area contributed by atoms with Gasteiger partial charge in [-0.2, -0.15) is 0 Å². The SMILES string of the molecule is CN(C1CCN(c2ccncc2)CC1)C1CCc2cc(OC(=O)O)ccc21. The molecule has 1 aliphatic heterocycles. The number of piperidine rings is 1. The highest BCUT2D eigenvalue weighted by Crippen LogP contribution is 2.39. The highest BCUT2D eigenvalue weighted by atomic mass is 16.7. The Morgan fingerprint density at radius 3 is 2.63 bits per heavy atom. The first kappa shape index (κ1) is 17.8. The smallest absolute Gasteiger partial charge is 0.449 e. The monoisotopic (exact) mass is 367 g/mol. The first-order valence-corrected chi connectivity index (χ1v) is 9.52. The molecular formula is C21H25N3O3. The molecule has 6 nitrogen and oxygen atoms in total. The lowest BCUT2D eigenvalue weighted by Gasteiger charge is -2.40. The van der Waals surface area contributed by atoms with E-state index in [9.17, 15) is 4.79 Å². The number of anilines is 1. The second kappa shape index (κ2) is 7.56. The summed E-state index contributed by atoms with van der Waals surface area (Å²) < 4.78 is 4.80. The second-order valence-electron chi connectivity index (χ2n) is 7.37. The van der Waals surface area contributed by atoms with E-state index < -0.39 is 6.16 Å². The van der Waals surface area contributed by atoms with E-state index in [0.29, 0.717) is 17.8 Å². The molecule has 1 aliphatic carbocycles. The van der Waals surface area contributed by atoms with Crippen LogP contribution in [0.3, 0.4) is 0 Å². The lowest BCUT2D eigenvalue weighted by molar-refractivity contribution is 0.144. The number of rotatable bonds is 4. The molecule has 0 spiro atoms. The Hall–Kier alpha value is -2.60. The third kappa shape index (κ3) is 3.76. The van der Waals surface area contributed by atoms with Crippen LogP contribution in [0.15, 0.2) is 42.7 Å². The Morgan fingerprint density at radius 1 is 1.19 bits per heavy atom. The number of carbonyl (C=O) groups is 1. The molecule has 0 amide bonds. The molecule has 142 valence electrons. The summed E-state index contributed by atoms with van der Waals surface area (Å²) in [5, 5.41) is 8.79. The second-order valence-corrected chi connectivity index (χ2v) is 7.37. The predicted octanol–water partition coefficient (Wildman–Crippen LogP) is 3.73. The molecule has 4 rings (SSSR count). The van der Waals surface area contributed by atoms with Crippen molar-refractivity contribution < 1.29 is 14.6 Å². The number of aryl methyl sites for hydroxylation is 1. The van der Waals surface area contributed by atoms with Crippen LogP contribution in [0.4, 0.5) is 10.5 Å². The maximum absolute atomic E-state index is 10.7. The highest BCUT2D eigenvalue weighted by molar-refractivity contribution is 5.61. The van der Waals surface area contributed by atoms with Crippen LogP contribution in [-0.4, -0.2) is 47.3 Å². The van der Waals surface area contributed by atoms with Crippen molar-refractivity contribution in [3.05, 3.63) is 53.9 Å². The fourth-order valence-electron chi connectivity index (χ4n) is 4.50. The van der Waals surface area contributed by atoms with Gasteiger partial charge in [0.2, 0.25) is 0 Å². The molecule has 6 heteroatoms. The Kier molecular flexibility index (Phi) is 4.99. The van der Waals surface area contributed by atoms with Gasteiger partial charge in [-0.3, -0.25) is 9.88 Å². The molecule has 2 aliphatic rings. The largest absolute Gasteiger partial charge is 0.511 e. The molecule has 27 heavy (non-hydrogen) atoms. The van der Waals surface area contributed by atoms with Crippen LogP contribution < -0.4 is 9.64 Å². The minimum Gasteiger partial charge on any atom is -0.449 e. The molecular weight excluding hydrogens is 342 g/mol. The minimum absolute atomic E-state index is 0.399. The summed E-state index contributed by atoms with van der Waals surface area (Å²) in [6.07, 6.45) is 6.78. The lowest BCUT2D eigenvalue weighted by Crippen LogP contribution is -2.44. The van der Waals surface area contributed by atoms with Crippen molar-refractivity contribution in [1.29, 1.82) is 0 Å². The van der Waals surface area contributed by atoms with E-state index in [1.807, 2.05) is 24.5 Å². The van der Waals surface area contributed by atoms with Gasteiger partial charge >= 0.3 is 6.16 Å². The van der Waals surface area contributed by atoms with Crippen molar-refractivity contribution in [2.24, 2.45) is 0 Å². The predicted molar refractivity (Wildman–Crippen MR) is 103 cm³/mol. The van der Waals surface area contributed by atoms with Crippen LogP contribution in [0.2, 0.25) is 0 Å². The highest BCUT2D eigenvalue weighted by Gasteiger charge is 2.32. The van der Waals surface area contributed by atoms with Crippen LogP contribution >= 0.6 is 0 Å². The summed E-state index contributed by atoms with van der Waals surface area (Å²) in [5.74, 6) is 0.412. The number of carboxylic acid groups (broad SMARTS) is 1. The number of fused-ring (bicyclic) bond motifs is 1. The number of hydrogen-bond donors (Lipinski definition) is 1. The molecule has 0 saturated carbocycles. The normalized spacial score (nSPS) is 19.9. The van der Waals surface area contributed by atoms with Crippen molar-refractivity contribution in [1.82, 2.24) is 9.88 Å². The molecule has 1 atom stereocenters. The average Bonchev–Trinajstić information content (AvgIpc) is 3.11. The molecule has 2 aromatic rings. The summed E-state index contributed by atoms with van der Waals surface area (Å²) in [5.41, 5.74) is 3.77. The lowest BCUT2D eigenvalue weighted by atomic mass is 9.99. The molecule has 0 radical (unpaired) electrons. The topological polar surface area (TPSA) is 65.9 Å². The Labute approximate surface area is 159 Å². The number of aromatic nitrogens is 1. The molecule has 1 unspecified atom stereocenters. The maximum atomic E-state index is 10.7. The molecule has 1 aromatic heterocycles. The van der Waals surface area contributed by atoms with Gasteiger partial charge in [0, 0.05) is 43.3 Å². The molecule has 2 heterocycles. The Balaban J connectivity index is 1.40. The van der Waals surface area contributed by atoms with E-state index >= 15 is 0 Å². The van der Waals surface area contributed by atoms with E-state index in [2.05, 4.69) is 34.0 Å². The third-order valence-corrected chi connectivity index (χ3v) is 5.93. The van der Waals surface area contributed by atoms with Crippen LogP contribution in [0.25, 0.3) is 0 Å². The summed E-state index contributed by atoms with van der Waals surface area (Å²) in [6.45, 7) is 2.12. The molecule has 1 aromatic carbocycles. The van der Waals surface area contributed by atoms with E-state index in [1.54, 1.807) is 6.07 Å². The van der Waals surface area contributed by atoms with Gasteiger partial charge in [0.25, 0.3) is 0 Å². The van der Waals surface area contributed by atoms with Crippen molar-refractivity contribution in [2.45, 2.75) is 37.8 Å². The van der Waals surface area contributed by atoms with Crippen molar-refractivity contribution >= 4 is 11.8 Å². The van der Waals surface area contributed by atoms with E-state index in [1.165, 1.54) is 16.8 Å². The number of hydrogen-bond acceptors (Lipinski definition) is 5. The van der Waals surface area contributed by atoms with E-state index in [4.69, 9.17) is 9.84 Å². The first-order chi connectivity index (χ1) is 13.1.